The number of aromatic nitrogens is 2. The maximum Gasteiger partial charge on any atom is 0.258 e. The summed E-state index contributed by atoms with van der Waals surface area (Å²) in [4.78, 5) is 50.0. The van der Waals surface area contributed by atoms with E-state index in [2.05, 4.69) is 15.3 Å². The Morgan fingerprint density at radius 3 is 2.60 bits per heavy atom. The fourth-order valence-electron chi connectivity index (χ4n) is 4.57. The predicted octanol–water partition coefficient (Wildman–Crippen LogP) is 5.29. The molecule has 2 aromatic carbocycles. The van der Waals surface area contributed by atoms with Crippen LogP contribution in [-0.4, -0.2) is 38.5 Å². The summed E-state index contributed by atoms with van der Waals surface area (Å²) in [6, 6.07) is 19.5. The number of benzene rings is 2. The van der Waals surface area contributed by atoms with Gasteiger partial charge in [-0.2, -0.15) is 5.26 Å². The molecule has 1 aliphatic heterocycles. The predicted molar refractivity (Wildman–Crippen MR) is 150 cm³/mol. The zero-order valence-corrected chi connectivity index (χ0v) is 22.5. The quantitative estimate of drug-likeness (QED) is 0.337. The molecule has 8 nitrogen and oxygen atoms in total. The zero-order valence-electron chi connectivity index (χ0n) is 21.0. The maximum absolute atomic E-state index is 13.8. The first-order valence-corrected chi connectivity index (χ1v) is 13.1. The number of carbonyl (C=O) groups is 3. The second-order valence-corrected chi connectivity index (χ2v) is 10.1. The van der Waals surface area contributed by atoms with Gasteiger partial charge in [-0.25, -0.2) is 4.98 Å². The van der Waals surface area contributed by atoms with Gasteiger partial charge in [0.1, 0.15) is 11.9 Å². The highest BCUT2D eigenvalue weighted by atomic mass is 35.5. The molecule has 0 fully saturated rings. The monoisotopic (exact) mass is 569 g/mol. The Morgan fingerprint density at radius 2 is 1.90 bits per heavy atom. The van der Waals surface area contributed by atoms with Crippen LogP contribution in [0.5, 0.6) is 0 Å². The molecule has 5 rings (SSSR count). The zero-order chi connectivity index (χ0) is 28.2. The SMILES string of the molecule is N#Cc1ccc(NC(=O)c2ccc(CN3C(=O)c4ccc(Cl)cc4CC(=O)[C@H]3Cc3ccccn3)cc2Cl)nc1. The van der Waals surface area contributed by atoms with Gasteiger partial charge in [-0.05, 0) is 65.7 Å². The number of amides is 2. The molecule has 1 atom stereocenters. The minimum atomic E-state index is -0.766. The molecule has 1 aliphatic rings. The first kappa shape index (κ1) is 27.0. The molecule has 198 valence electrons. The normalized spacial score (nSPS) is 14.7. The Kier molecular flexibility index (Phi) is 7.87. The van der Waals surface area contributed by atoms with E-state index in [1.165, 1.54) is 17.2 Å². The van der Waals surface area contributed by atoms with E-state index in [-0.39, 0.29) is 47.5 Å². The number of halogens is 2. The standard InChI is InChI=1S/C30H21Cl2N5O3/c31-21-6-8-23-20(12-21)13-27(38)26(14-22-3-1-2-10-34-22)37(30(23)40)17-18-4-7-24(25(32)11-18)29(39)36-28-9-5-19(15-33)16-35-28/h1-12,16,26H,13-14,17H2,(H,35,36,39)/t26-/m1/s1. The molecule has 0 saturated carbocycles. The van der Waals surface area contributed by atoms with Crippen LogP contribution >= 0.6 is 23.2 Å². The van der Waals surface area contributed by atoms with Crippen LogP contribution in [0.3, 0.4) is 0 Å². The van der Waals surface area contributed by atoms with Gasteiger partial charge in [0.15, 0.2) is 5.78 Å². The third-order valence-electron chi connectivity index (χ3n) is 6.56. The van der Waals surface area contributed by atoms with Crippen molar-refractivity contribution in [3.63, 3.8) is 0 Å². The van der Waals surface area contributed by atoms with Gasteiger partial charge in [0.2, 0.25) is 0 Å². The fourth-order valence-corrected chi connectivity index (χ4v) is 5.05. The topological polar surface area (TPSA) is 116 Å². The molecule has 1 N–H and O–H groups in total. The average molecular weight is 570 g/mol. The number of hydrogen-bond acceptors (Lipinski definition) is 6. The van der Waals surface area contributed by atoms with Crippen molar-refractivity contribution in [1.82, 2.24) is 14.9 Å². The second kappa shape index (κ2) is 11.7. The van der Waals surface area contributed by atoms with E-state index in [1.54, 1.807) is 54.7 Å². The molecule has 4 aromatic rings. The highest BCUT2D eigenvalue weighted by Crippen LogP contribution is 2.28. The van der Waals surface area contributed by atoms with Crippen LogP contribution in [-0.2, 0) is 24.2 Å². The van der Waals surface area contributed by atoms with Crippen LogP contribution in [0.1, 0.15) is 43.1 Å². The lowest BCUT2D eigenvalue weighted by atomic mass is 9.99. The van der Waals surface area contributed by atoms with E-state index in [4.69, 9.17) is 28.5 Å². The van der Waals surface area contributed by atoms with Crippen molar-refractivity contribution in [1.29, 1.82) is 5.26 Å². The highest BCUT2D eigenvalue weighted by Gasteiger charge is 2.36. The molecule has 0 saturated heterocycles. The van der Waals surface area contributed by atoms with Crippen molar-refractivity contribution >= 4 is 46.6 Å². The van der Waals surface area contributed by atoms with E-state index in [1.807, 2.05) is 18.2 Å². The number of ketones is 1. The lowest BCUT2D eigenvalue weighted by Crippen LogP contribution is -2.45. The largest absolute Gasteiger partial charge is 0.324 e. The Balaban J connectivity index is 1.43. The molecule has 0 aliphatic carbocycles. The van der Waals surface area contributed by atoms with Gasteiger partial charge in [-0.1, -0.05) is 35.3 Å². The van der Waals surface area contributed by atoms with Crippen molar-refractivity contribution in [2.45, 2.75) is 25.4 Å². The summed E-state index contributed by atoms with van der Waals surface area (Å²) in [5.74, 6) is -0.636. The van der Waals surface area contributed by atoms with Crippen molar-refractivity contribution in [2.24, 2.45) is 0 Å². The number of Topliss-reactive ketones (excluding diaryl/α,β-unsaturated/α-hetero) is 1. The summed E-state index contributed by atoms with van der Waals surface area (Å²) in [7, 11) is 0. The summed E-state index contributed by atoms with van der Waals surface area (Å²) in [6.45, 7) is 0.0862. The van der Waals surface area contributed by atoms with Crippen LogP contribution in [0.4, 0.5) is 5.82 Å². The van der Waals surface area contributed by atoms with Gasteiger partial charge >= 0.3 is 0 Å². The summed E-state index contributed by atoms with van der Waals surface area (Å²) in [5.41, 5.74) is 2.90. The first-order valence-electron chi connectivity index (χ1n) is 12.3. The van der Waals surface area contributed by atoms with E-state index in [0.717, 1.165) is 0 Å². The van der Waals surface area contributed by atoms with Crippen LogP contribution < -0.4 is 5.32 Å². The number of hydrogen-bond donors (Lipinski definition) is 1. The number of carbonyl (C=O) groups excluding carboxylic acids is 3. The molecule has 3 heterocycles. The van der Waals surface area contributed by atoms with Gasteiger partial charge in [0.25, 0.3) is 11.8 Å². The van der Waals surface area contributed by atoms with Crippen molar-refractivity contribution in [3.05, 3.63) is 123 Å². The summed E-state index contributed by atoms with van der Waals surface area (Å²) >= 11 is 12.7. The summed E-state index contributed by atoms with van der Waals surface area (Å²) < 4.78 is 0. The van der Waals surface area contributed by atoms with Gasteiger partial charge < -0.3 is 10.2 Å². The number of pyridine rings is 2. The van der Waals surface area contributed by atoms with Crippen LogP contribution in [0.25, 0.3) is 0 Å². The number of nitrogens with one attached hydrogen (secondary N) is 1. The number of nitriles is 1. The Labute approximate surface area is 240 Å². The number of fused-ring (bicyclic) bond motifs is 1. The third-order valence-corrected chi connectivity index (χ3v) is 7.11. The molecule has 0 radical (unpaired) electrons. The average Bonchev–Trinajstić information content (AvgIpc) is 3.03. The highest BCUT2D eigenvalue weighted by molar-refractivity contribution is 6.34. The van der Waals surface area contributed by atoms with Crippen LogP contribution in [0.2, 0.25) is 10.0 Å². The van der Waals surface area contributed by atoms with Crippen molar-refractivity contribution < 1.29 is 14.4 Å². The molecule has 40 heavy (non-hydrogen) atoms. The minimum Gasteiger partial charge on any atom is -0.324 e. The van der Waals surface area contributed by atoms with Crippen LogP contribution in [0, 0.1) is 11.3 Å². The van der Waals surface area contributed by atoms with Crippen molar-refractivity contribution in [2.75, 3.05) is 5.32 Å². The Morgan fingerprint density at radius 1 is 1.05 bits per heavy atom. The minimum absolute atomic E-state index is 0.0683. The van der Waals surface area contributed by atoms with E-state index >= 15 is 0 Å². The van der Waals surface area contributed by atoms with E-state index in [9.17, 15) is 14.4 Å². The Bertz CT molecular complexity index is 1650. The lowest BCUT2D eigenvalue weighted by molar-refractivity contribution is -0.122. The molecule has 0 bridgehead atoms. The molecule has 0 spiro atoms. The number of rotatable bonds is 6. The van der Waals surface area contributed by atoms with Crippen molar-refractivity contribution in [3.8, 4) is 6.07 Å². The third kappa shape index (κ3) is 5.86. The van der Waals surface area contributed by atoms with Gasteiger partial charge in [-0.15, -0.1) is 0 Å². The van der Waals surface area contributed by atoms with Crippen LogP contribution in [0.15, 0.2) is 79.1 Å². The van der Waals surface area contributed by atoms with Gasteiger partial charge in [0, 0.05) is 48.1 Å². The molecule has 2 amide bonds. The number of nitrogens with zero attached hydrogens (tertiary/aromatic N) is 4. The van der Waals surface area contributed by atoms with Gasteiger partial charge in [0.05, 0.1) is 22.2 Å². The molecular weight excluding hydrogens is 549 g/mol. The number of anilines is 1. The summed E-state index contributed by atoms with van der Waals surface area (Å²) in [6.07, 6.45) is 3.32. The fraction of sp³-hybridized carbons (Fsp3) is 0.133. The maximum atomic E-state index is 13.8. The van der Waals surface area contributed by atoms with E-state index in [0.29, 0.717) is 33.0 Å². The molecule has 0 unspecified atom stereocenters. The van der Waals surface area contributed by atoms with Gasteiger partial charge in [-0.3, -0.25) is 19.4 Å². The molecule has 2 aromatic heterocycles. The second-order valence-electron chi connectivity index (χ2n) is 9.23. The lowest BCUT2D eigenvalue weighted by Gasteiger charge is -2.29. The first-order chi connectivity index (χ1) is 19.3. The molecular formula is C30H21Cl2N5O3. The Hall–Kier alpha value is -4.58. The smallest absolute Gasteiger partial charge is 0.258 e. The van der Waals surface area contributed by atoms with E-state index < -0.39 is 11.9 Å². The molecule has 10 heteroatoms. The summed E-state index contributed by atoms with van der Waals surface area (Å²) in [5, 5.41) is 12.2.